The molecule has 0 aromatic heterocycles. The normalized spacial score (nSPS) is 16.3. The highest BCUT2D eigenvalue weighted by Gasteiger charge is 2.41. The lowest BCUT2D eigenvalue weighted by Gasteiger charge is -2.14. The lowest BCUT2D eigenvalue weighted by Crippen LogP contribution is -2.30. The maximum Gasteiger partial charge on any atom is 0.255 e. The summed E-state index contributed by atoms with van der Waals surface area (Å²) in [6.07, 6.45) is 2.97. The monoisotopic (exact) mass is 271 g/mol. The summed E-state index contributed by atoms with van der Waals surface area (Å²) in [5, 5.41) is 12.2. The first-order valence-electron chi connectivity index (χ1n) is 5.89. The van der Waals surface area contributed by atoms with Crippen molar-refractivity contribution in [3.63, 3.8) is 0 Å². The van der Waals surface area contributed by atoms with Crippen molar-refractivity contribution < 1.29 is 14.3 Å². The van der Waals surface area contributed by atoms with Gasteiger partial charge in [0, 0.05) is 12.4 Å². The number of carbonyl (C=O) groups excluding carboxylic acids is 1. The van der Waals surface area contributed by atoms with E-state index in [2.05, 4.69) is 5.32 Å². The number of alkyl halides is 1. The van der Waals surface area contributed by atoms with Gasteiger partial charge >= 0.3 is 0 Å². The summed E-state index contributed by atoms with van der Waals surface area (Å²) in [6.45, 7) is 0.522. The summed E-state index contributed by atoms with van der Waals surface area (Å²) in [7, 11) is 0. The summed E-state index contributed by atoms with van der Waals surface area (Å²) in [5.41, 5.74) is 0.0806. The maximum atomic E-state index is 13.0. The second-order valence-electron chi connectivity index (χ2n) is 4.78. The minimum atomic E-state index is -0.542. The molecule has 0 spiro atoms. The van der Waals surface area contributed by atoms with Gasteiger partial charge in [0.1, 0.15) is 11.6 Å². The number of benzene rings is 1. The number of amides is 1. The summed E-state index contributed by atoms with van der Waals surface area (Å²) < 4.78 is 13.0. The fourth-order valence-corrected chi connectivity index (χ4v) is 2.35. The smallest absolute Gasteiger partial charge is 0.255 e. The third-order valence-corrected chi connectivity index (χ3v) is 3.60. The Morgan fingerprint density at radius 2 is 2.22 bits per heavy atom. The summed E-state index contributed by atoms with van der Waals surface area (Å²) in [5.74, 6) is -0.634. The van der Waals surface area contributed by atoms with Gasteiger partial charge in [0.15, 0.2) is 0 Å². The van der Waals surface area contributed by atoms with Gasteiger partial charge in [0.2, 0.25) is 0 Å². The van der Waals surface area contributed by atoms with E-state index in [1.54, 1.807) is 0 Å². The number of carbonyl (C=O) groups is 1. The minimum Gasteiger partial charge on any atom is -0.507 e. The van der Waals surface area contributed by atoms with E-state index in [-0.39, 0.29) is 16.7 Å². The van der Waals surface area contributed by atoms with Crippen LogP contribution in [0.15, 0.2) is 18.2 Å². The van der Waals surface area contributed by atoms with Crippen LogP contribution in [0.1, 0.15) is 29.6 Å². The SMILES string of the molecule is O=C(NCC1(CCCl)CC1)c1cc(F)ccc1O. The van der Waals surface area contributed by atoms with E-state index >= 15 is 0 Å². The maximum absolute atomic E-state index is 13.0. The zero-order valence-corrected chi connectivity index (χ0v) is 10.6. The van der Waals surface area contributed by atoms with Gasteiger partial charge in [-0.05, 0) is 42.9 Å². The molecule has 1 saturated carbocycles. The number of hydrogen-bond donors (Lipinski definition) is 2. The predicted octanol–water partition coefficient (Wildman–Crippen LogP) is 2.67. The standard InChI is InChI=1S/C13H15ClFNO2/c14-6-5-13(3-4-13)8-16-12(18)10-7-9(15)1-2-11(10)17/h1-2,7,17H,3-6,8H2,(H,16,18). The van der Waals surface area contributed by atoms with Crippen LogP contribution in [0.2, 0.25) is 0 Å². The van der Waals surface area contributed by atoms with E-state index in [9.17, 15) is 14.3 Å². The van der Waals surface area contributed by atoms with Gasteiger partial charge in [0.25, 0.3) is 5.91 Å². The molecule has 1 aliphatic rings. The van der Waals surface area contributed by atoms with E-state index in [4.69, 9.17) is 11.6 Å². The molecular weight excluding hydrogens is 257 g/mol. The zero-order valence-electron chi connectivity index (χ0n) is 9.88. The number of phenols is 1. The van der Waals surface area contributed by atoms with E-state index in [1.807, 2.05) is 0 Å². The van der Waals surface area contributed by atoms with Crippen LogP contribution in [0.4, 0.5) is 4.39 Å². The molecule has 0 bridgehead atoms. The number of nitrogens with one attached hydrogen (secondary N) is 1. The molecule has 98 valence electrons. The van der Waals surface area contributed by atoms with Crippen molar-refractivity contribution in [2.75, 3.05) is 12.4 Å². The Morgan fingerprint density at radius 3 is 2.83 bits per heavy atom. The minimum absolute atomic E-state index is 0.0309. The lowest BCUT2D eigenvalue weighted by atomic mass is 10.0. The van der Waals surface area contributed by atoms with Gasteiger partial charge in [-0.15, -0.1) is 11.6 Å². The van der Waals surface area contributed by atoms with Crippen molar-refractivity contribution in [3.8, 4) is 5.75 Å². The van der Waals surface area contributed by atoms with Crippen LogP contribution >= 0.6 is 11.6 Å². The highest BCUT2D eigenvalue weighted by atomic mass is 35.5. The molecule has 3 nitrogen and oxygen atoms in total. The van der Waals surface area contributed by atoms with Crippen molar-refractivity contribution >= 4 is 17.5 Å². The third-order valence-electron chi connectivity index (χ3n) is 3.41. The van der Waals surface area contributed by atoms with Crippen molar-refractivity contribution in [1.29, 1.82) is 0 Å². The van der Waals surface area contributed by atoms with Gasteiger partial charge in [-0.1, -0.05) is 0 Å². The van der Waals surface area contributed by atoms with Gasteiger partial charge in [-0.25, -0.2) is 4.39 Å². The number of rotatable bonds is 5. The van der Waals surface area contributed by atoms with Crippen molar-refractivity contribution in [3.05, 3.63) is 29.6 Å². The number of halogens is 2. The van der Waals surface area contributed by atoms with Gasteiger partial charge in [0.05, 0.1) is 5.56 Å². The molecule has 1 aliphatic carbocycles. The van der Waals surface area contributed by atoms with Gasteiger partial charge < -0.3 is 10.4 Å². The molecule has 0 aliphatic heterocycles. The second-order valence-corrected chi connectivity index (χ2v) is 5.16. The van der Waals surface area contributed by atoms with Crippen LogP contribution in [-0.4, -0.2) is 23.4 Å². The third kappa shape index (κ3) is 2.93. The first-order chi connectivity index (χ1) is 8.56. The molecule has 0 radical (unpaired) electrons. The molecular formula is C13H15ClFNO2. The second kappa shape index (κ2) is 5.14. The Labute approximate surface area is 110 Å². The van der Waals surface area contributed by atoms with Crippen molar-refractivity contribution in [2.24, 2.45) is 5.41 Å². The molecule has 0 heterocycles. The molecule has 2 N–H and O–H groups in total. The average molecular weight is 272 g/mol. The zero-order chi connectivity index (χ0) is 13.2. The fourth-order valence-electron chi connectivity index (χ4n) is 1.95. The molecule has 1 aromatic rings. The van der Waals surface area contributed by atoms with E-state index in [0.717, 1.165) is 31.4 Å². The average Bonchev–Trinajstić information content (AvgIpc) is 3.10. The van der Waals surface area contributed by atoms with Crippen LogP contribution < -0.4 is 5.32 Å². The van der Waals surface area contributed by atoms with Crippen LogP contribution in [0, 0.1) is 11.2 Å². The van der Waals surface area contributed by atoms with E-state index in [0.29, 0.717) is 12.4 Å². The topological polar surface area (TPSA) is 49.3 Å². The molecule has 5 heteroatoms. The number of phenolic OH excluding ortho intramolecular Hbond substituents is 1. The van der Waals surface area contributed by atoms with Crippen molar-refractivity contribution in [2.45, 2.75) is 19.3 Å². The Morgan fingerprint density at radius 1 is 1.50 bits per heavy atom. The molecule has 0 saturated heterocycles. The lowest BCUT2D eigenvalue weighted by molar-refractivity contribution is 0.0941. The Balaban J connectivity index is 1.98. The van der Waals surface area contributed by atoms with Crippen molar-refractivity contribution in [1.82, 2.24) is 5.32 Å². The fraction of sp³-hybridized carbons (Fsp3) is 0.462. The largest absolute Gasteiger partial charge is 0.507 e. The summed E-state index contributed by atoms with van der Waals surface area (Å²) >= 11 is 5.70. The highest BCUT2D eigenvalue weighted by Crippen LogP contribution is 2.48. The first kappa shape index (κ1) is 13.1. The van der Waals surface area contributed by atoms with Gasteiger partial charge in [-0.2, -0.15) is 0 Å². The van der Waals surface area contributed by atoms with E-state index in [1.165, 1.54) is 6.07 Å². The Hall–Kier alpha value is -1.29. The molecule has 0 unspecified atom stereocenters. The van der Waals surface area contributed by atoms with Crippen LogP contribution in [-0.2, 0) is 0 Å². The first-order valence-corrected chi connectivity index (χ1v) is 6.42. The van der Waals surface area contributed by atoms with Crippen LogP contribution in [0.5, 0.6) is 5.75 Å². The molecule has 0 atom stereocenters. The van der Waals surface area contributed by atoms with E-state index < -0.39 is 11.7 Å². The predicted molar refractivity (Wildman–Crippen MR) is 67.4 cm³/mol. The molecule has 2 rings (SSSR count). The Kier molecular flexibility index (Phi) is 3.76. The number of aromatic hydroxyl groups is 1. The molecule has 1 aromatic carbocycles. The van der Waals surface area contributed by atoms with Crippen LogP contribution in [0.3, 0.4) is 0 Å². The molecule has 1 fully saturated rings. The van der Waals surface area contributed by atoms with Crippen LogP contribution in [0.25, 0.3) is 0 Å². The summed E-state index contributed by atoms with van der Waals surface area (Å²) in [6, 6.07) is 3.32. The molecule has 1 amide bonds. The summed E-state index contributed by atoms with van der Waals surface area (Å²) in [4.78, 5) is 11.8. The highest BCUT2D eigenvalue weighted by molar-refractivity contribution is 6.17. The quantitative estimate of drug-likeness (QED) is 0.809. The number of hydrogen-bond acceptors (Lipinski definition) is 2. The molecule has 18 heavy (non-hydrogen) atoms. The Bertz CT molecular complexity index is 460. The van der Waals surface area contributed by atoms with Gasteiger partial charge in [-0.3, -0.25) is 4.79 Å².